The summed E-state index contributed by atoms with van der Waals surface area (Å²) >= 11 is 0. The number of guanidine groups is 1. The molecule has 0 aliphatic carbocycles. The molecule has 0 saturated heterocycles. The largest absolute Gasteiger partial charge is 0.371 e. The van der Waals surface area contributed by atoms with E-state index < -0.39 is 0 Å². The second kappa shape index (κ2) is 9.18. The Morgan fingerprint density at radius 3 is 2.68 bits per heavy atom. The highest BCUT2D eigenvalue weighted by atomic mass is 16.5. The van der Waals surface area contributed by atoms with Gasteiger partial charge in [-0.05, 0) is 44.0 Å². The summed E-state index contributed by atoms with van der Waals surface area (Å²) in [5.74, 6) is 0.451. The fourth-order valence-electron chi connectivity index (χ4n) is 2.21. The van der Waals surface area contributed by atoms with Crippen molar-refractivity contribution >= 4 is 5.96 Å². The Morgan fingerprint density at radius 1 is 1.16 bits per heavy atom. The predicted molar refractivity (Wildman–Crippen MR) is 102 cm³/mol. The first kappa shape index (κ1) is 18.9. The Hall–Kier alpha value is -2.40. The monoisotopic (exact) mass is 340 g/mol. The number of aromatic nitrogens is 1. The van der Waals surface area contributed by atoms with E-state index in [1.54, 1.807) is 6.20 Å². The van der Waals surface area contributed by atoms with Gasteiger partial charge in [0.15, 0.2) is 5.96 Å². The summed E-state index contributed by atoms with van der Waals surface area (Å²) in [6.07, 6.45) is 2.61. The third-order valence-corrected chi connectivity index (χ3v) is 3.51. The van der Waals surface area contributed by atoms with Crippen LogP contribution >= 0.6 is 0 Å². The minimum Gasteiger partial charge on any atom is -0.371 e. The Bertz CT molecular complexity index is 678. The number of nitrogens with two attached hydrogens (primary N) is 1. The van der Waals surface area contributed by atoms with Crippen molar-refractivity contribution < 1.29 is 4.74 Å². The molecule has 0 aliphatic rings. The third kappa shape index (κ3) is 7.81. The molecule has 2 rings (SSSR count). The number of ether oxygens (including phenoxy) is 1. The molecular weight excluding hydrogens is 312 g/mol. The summed E-state index contributed by atoms with van der Waals surface area (Å²) in [4.78, 5) is 8.68. The zero-order chi connectivity index (χ0) is 18.1. The number of pyridine rings is 1. The number of benzene rings is 1. The van der Waals surface area contributed by atoms with Crippen LogP contribution in [0, 0.1) is 0 Å². The van der Waals surface area contributed by atoms with Crippen LogP contribution in [0.25, 0.3) is 0 Å². The maximum Gasteiger partial charge on any atom is 0.188 e. The smallest absolute Gasteiger partial charge is 0.188 e. The van der Waals surface area contributed by atoms with Crippen molar-refractivity contribution in [2.45, 2.75) is 45.9 Å². The van der Waals surface area contributed by atoms with E-state index in [4.69, 9.17) is 10.5 Å². The summed E-state index contributed by atoms with van der Waals surface area (Å²) in [7, 11) is 0. The zero-order valence-electron chi connectivity index (χ0n) is 15.3. The Kier molecular flexibility index (Phi) is 6.95. The molecule has 1 aromatic carbocycles. The predicted octanol–water partition coefficient (Wildman–Crippen LogP) is 3.04. The summed E-state index contributed by atoms with van der Waals surface area (Å²) in [6, 6.07) is 14.1. The third-order valence-electron chi connectivity index (χ3n) is 3.51. The van der Waals surface area contributed by atoms with Gasteiger partial charge in [-0.15, -0.1) is 0 Å². The van der Waals surface area contributed by atoms with Gasteiger partial charge in [0.05, 0.1) is 18.8 Å². The Morgan fingerprint density at radius 2 is 1.96 bits per heavy atom. The van der Waals surface area contributed by atoms with Gasteiger partial charge in [0.1, 0.15) is 0 Å². The maximum atomic E-state index is 5.93. The van der Waals surface area contributed by atoms with E-state index in [0.29, 0.717) is 25.7 Å². The van der Waals surface area contributed by atoms with Crippen molar-refractivity contribution in [1.29, 1.82) is 0 Å². The van der Waals surface area contributed by atoms with Crippen LogP contribution in [0.1, 0.15) is 37.6 Å². The molecular formula is C20H28N4O. The number of rotatable bonds is 7. The van der Waals surface area contributed by atoms with Crippen LogP contribution in [0.3, 0.4) is 0 Å². The van der Waals surface area contributed by atoms with Crippen LogP contribution in [0.15, 0.2) is 53.7 Å². The molecule has 1 aromatic heterocycles. The molecule has 5 heteroatoms. The standard InChI is InChI=1S/C20H28N4O/c1-20(2,3)25-15-17-8-6-7-16(13-17)14-24-19(21)23-12-10-18-9-4-5-11-22-18/h4-9,11,13H,10,12,14-15H2,1-3H3,(H3,21,23,24). The van der Waals surface area contributed by atoms with Gasteiger partial charge in [0.2, 0.25) is 0 Å². The molecule has 0 fully saturated rings. The Balaban J connectivity index is 1.79. The first-order chi connectivity index (χ1) is 11.9. The molecule has 0 radical (unpaired) electrons. The highest BCUT2D eigenvalue weighted by Crippen LogP contribution is 2.13. The average Bonchev–Trinajstić information content (AvgIpc) is 2.59. The first-order valence-electron chi connectivity index (χ1n) is 8.58. The lowest BCUT2D eigenvalue weighted by Gasteiger charge is -2.19. The fourth-order valence-corrected chi connectivity index (χ4v) is 2.21. The molecule has 0 atom stereocenters. The van der Waals surface area contributed by atoms with E-state index in [9.17, 15) is 0 Å². The van der Waals surface area contributed by atoms with Crippen LogP contribution in [-0.2, 0) is 24.3 Å². The van der Waals surface area contributed by atoms with Crippen molar-refractivity contribution in [2.75, 3.05) is 6.54 Å². The lowest BCUT2D eigenvalue weighted by atomic mass is 10.1. The zero-order valence-corrected chi connectivity index (χ0v) is 15.3. The Labute approximate surface area is 150 Å². The number of hydrogen-bond donors (Lipinski definition) is 2. The van der Waals surface area contributed by atoms with Gasteiger partial charge < -0.3 is 15.8 Å². The number of hydrogen-bond acceptors (Lipinski definition) is 3. The van der Waals surface area contributed by atoms with Crippen LogP contribution in [0.2, 0.25) is 0 Å². The minimum absolute atomic E-state index is 0.143. The molecule has 0 aliphatic heterocycles. The van der Waals surface area contributed by atoms with Crippen LogP contribution in [0.4, 0.5) is 0 Å². The van der Waals surface area contributed by atoms with E-state index in [2.05, 4.69) is 48.2 Å². The summed E-state index contributed by atoms with van der Waals surface area (Å²) in [5.41, 5.74) is 9.09. The van der Waals surface area contributed by atoms with Crippen LogP contribution < -0.4 is 11.1 Å². The lowest BCUT2D eigenvalue weighted by molar-refractivity contribution is -0.0149. The molecule has 134 valence electrons. The molecule has 1 heterocycles. The molecule has 0 saturated carbocycles. The summed E-state index contributed by atoms with van der Waals surface area (Å²) < 4.78 is 5.81. The van der Waals surface area contributed by atoms with Crippen molar-refractivity contribution in [2.24, 2.45) is 10.7 Å². The second-order valence-corrected chi connectivity index (χ2v) is 6.92. The van der Waals surface area contributed by atoms with E-state index >= 15 is 0 Å². The maximum absolute atomic E-state index is 5.93. The van der Waals surface area contributed by atoms with Crippen LogP contribution in [-0.4, -0.2) is 23.1 Å². The van der Waals surface area contributed by atoms with Gasteiger partial charge in [0, 0.05) is 24.9 Å². The molecule has 0 amide bonds. The SMILES string of the molecule is CC(C)(C)OCc1cccc(CN=C(N)NCCc2ccccn2)c1. The molecule has 5 nitrogen and oxygen atoms in total. The van der Waals surface area contributed by atoms with E-state index in [1.807, 2.05) is 30.3 Å². The average molecular weight is 340 g/mol. The number of nitrogens with one attached hydrogen (secondary N) is 1. The quantitative estimate of drug-likeness (QED) is 0.600. The molecule has 2 aromatic rings. The normalized spacial score (nSPS) is 12.2. The van der Waals surface area contributed by atoms with Gasteiger partial charge in [-0.3, -0.25) is 4.98 Å². The molecule has 0 bridgehead atoms. The van der Waals surface area contributed by atoms with Gasteiger partial charge in [-0.25, -0.2) is 4.99 Å². The van der Waals surface area contributed by atoms with Gasteiger partial charge in [0.25, 0.3) is 0 Å². The topological polar surface area (TPSA) is 72.5 Å². The van der Waals surface area contributed by atoms with E-state index in [-0.39, 0.29) is 5.60 Å². The molecule has 3 N–H and O–H groups in total. The van der Waals surface area contributed by atoms with Crippen molar-refractivity contribution in [3.63, 3.8) is 0 Å². The van der Waals surface area contributed by atoms with E-state index in [0.717, 1.165) is 23.2 Å². The van der Waals surface area contributed by atoms with E-state index in [1.165, 1.54) is 0 Å². The fraction of sp³-hybridized carbons (Fsp3) is 0.400. The first-order valence-corrected chi connectivity index (χ1v) is 8.58. The number of nitrogens with zero attached hydrogens (tertiary/aromatic N) is 2. The molecule has 0 spiro atoms. The van der Waals surface area contributed by atoms with Crippen molar-refractivity contribution in [3.05, 3.63) is 65.5 Å². The molecule has 25 heavy (non-hydrogen) atoms. The van der Waals surface area contributed by atoms with Gasteiger partial charge >= 0.3 is 0 Å². The highest BCUT2D eigenvalue weighted by molar-refractivity contribution is 5.77. The van der Waals surface area contributed by atoms with Crippen LogP contribution in [0.5, 0.6) is 0 Å². The van der Waals surface area contributed by atoms with Crippen molar-refractivity contribution in [3.8, 4) is 0 Å². The minimum atomic E-state index is -0.143. The second-order valence-electron chi connectivity index (χ2n) is 6.92. The highest BCUT2D eigenvalue weighted by Gasteiger charge is 2.10. The summed E-state index contributed by atoms with van der Waals surface area (Å²) in [5, 5.41) is 3.12. The summed E-state index contributed by atoms with van der Waals surface area (Å²) in [6.45, 7) is 8.02. The molecule has 0 unspecified atom stereocenters. The van der Waals surface area contributed by atoms with Crippen molar-refractivity contribution in [1.82, 2.24) is 10.3 Å². The van der Waals surface area contributed by atoms with Gasteiger partial charge in [-0.2, -0.15) is 0 Å². The van der Waals surface area contributed by atoms with Gasteiger partial charge in [-0.1, -0.05) is 30.3 Å². The lowest BCUT2D eigenvalue weighted by Crippen LogP contribution is -2.33. The number of aliphatic imine (C=N–C) groups is 1.